The van der Waals surface area contributed by atoms with Crippen molar-refractivity contribution in [3.8, 4) is 11.3 Å². The van der Waals surface area contributed by atoms with E-state index in [1.54, 1.807) is 60.7 Å². The summed E-state index contributed by atoms with van der Waals surface area (Å²) < 4.78 is 6.29. The van der Waals surface area contributed by atoms with Crippen LogP contribution in [0.5, 0.6) is 0 Å². The SMILES string of the molecule is O=C1/C(=C/c2ccc(-c3ccc(Cl)cc3Cl)o2)SC(=S)N1c1ccc(Cl)cc1. The van der Waals surface area contributed by atoms with Gasteiger partial charge in [0.25, 0.3) is 5.91 Å². The van der Waals surface area contributed by atoms with Gasteiger partial charge in [0.1, 0.15) is 11.5 Å². The lowest BCUT2D eigenvalue weighted by atomic mass is 10.2. The van der Waals surface area contributed by atoms with Gasteiger partial charge in [-0.2, -0.15) is 0 Å². The van der Waals surface area contributed by atoms with Crippen molar-refractivity contribution in [3.63, 3.8) is 0 Å². The van der Waals surface area contributed by atoms with Gasteiger partial charge in [0.05, 0.1) is 15.6 Å². The largest absolute Gasteiger partial charge is 0.457 e. The number of anilines is 1. The highest BCUT2D eigenvalue weighted by molar-refractivity contribution is 8.27. The summed E-state index contributed by atoms with van der Waals surface area (Å²) in [6.07, 6.45) is 1.67. The van der Waals surface area contributed by atoms with Gasteiger partial charge < -0.3 is 4.42 Å². The summed E-state index contributed by atoms with van der Waals surface area (Å²) in [5, 5.41) is 1.63. The van der Waals surface area contributed by atoms with Gasteiger partial charge in [0, 0.05) is 21.7 Å². The molecule has 2 heterocycles. The number of thiocarbonyl (C=S) groups is 1. The first-order valence-electron chi connectivity index (χ1n) is 8.01. The number of amides is 1. The number of furan rings is 1. The Balaban J connectivity index is 1.61. The molecule has 0 saturated carbocycles. The van der Waals surface area contributed by atoms with Crippen molar-refractivity contribution in [1.82, 2.24) is 0 Å². The molecular formula is C20H10Cl3NO2S2. The minimum absolute atomic E-state index is 0.209. The second kappa shape index (κ2) is 7.93. The van der Waals surface area contributed by atoms with E-state index in [9.17, 15) is 4.79 Å². The molecule has 140 valence electrons. The van der Waals surface area contributed by atoms with Crippen LogP contribution in [-0.2, 0) is 4.79 Å². The summed E-state index contributed by atoms with van der Waals surface area (Å²) in [4.78, 5) is 14.8. The standard InChI is InChI=1S/C20H10Cl3NO2S2/c21-11-1-4-13(5-2-11)24-19(25)18(28-20(24)27)10-14-6-8-17(26-14)15-7-3-12(22)9-16(15)23/h1-10H/b18-10-. The van der Waals surface area contributed by atoms with E-state index in [1.807, 2.05) is 0 Å². The van der Waals surface area contributed by atoms with Crippen molar-refractivity contribution in [1.29, 1.82) is 0 Å². The van der Waals surface area contributed by atoms with Crippen LogP contribution in [0.25, 0.3) is 17.4 Å². The third-order valence-electron chi connectivity index (χ3n) is 3.98. The summed E-state index contributed by atoms with van der Waals surface area (Å²) >= 11 is 24.7. The molecule has 1 fully saturated rings. The Labute approximate surface area is 185 Å². The highest BCUT2D eigenvalue weighted by atomic mass is 35.5. The molecule has 1 aliphatic heterocycles. The molecule has 0 atom stereocenters. The Kier molecular flexibility index (Phi) is 5.54. The van der Waals surface area contributed by atoms with Gasteiger partial charge in [0.15, 0.2) is 4.32 Å². The first-order chi connectivity index (χ1) is 13.4. The maximum Gasteiger partial charge on any atom is 0.270 e. The predicted molar refractivity (Wildman–Crippen MR) is 121 cm³/mol. The molecule has 8 heteroatoms. The molecule has 0 bridgehead atoms. The quantitative estimate of drug-likeness (QED) is 0.299. The minimum atomic E-state index is -0.209. The van der Waals surface area contributed by atoms with Crippen molar-refractivity contribution in [2.24, 2.45) is 0 Å². The number of benzene rings is 2. The molecule has 0 aliphatic carbocycles. The van der Waals surface area contributed by atoms with Crippen LogP contribution in [0, 0.1) is 0 Å². The van der Waals surface area contributed by atoms with Gasteiger partial charge >= 0.3 is 0 Å². The first kappa shape index (κ1) is 19.6. The van der Waals surface area contributed by atoms with Gasteiger partial charge in [-0.3, -0.25) is 9.69 Å². The van der Waals surface area contributed by atoms with Gasteiger partial charge in [-0.15, -0.1) is 0 Å². The number of carbonyl (C=O) groups is 1. The molecule has 2 aromatic carbocycles. The molecule has 1 aliphatic rings. The molecule has 0 radical (unpaired) electrons. The van der Waals surface area contributed by atoms with Gasteiger partial charge in [0.2, 0.25) is 0 Å². The van der Waals surface area contributed by atoms with Crippen LogP contribution in [0.1, 0.15) is 5.76 Å². The molecule has 4 rings (SSSR count). The zero-order valence-electron chi connectivity index (χ0n) is 14.0. The average Bonchev–Trinajstić information content (AvgIpc) is 3.21. The van der Waals surface area contributed by atoms with Crippen LogP contribution in [0.3, 0.4) is 0 Å². The summed E-state index contributed by atoms with van der Waals surface area (Å²) in [7, 11) is 0. The van der Waals surface area contributed by atoms with E-state index in [0.29, 0.717) is 41.5 Å². The van der Waals surface area contributed by atoms with Crippen LogP contribution in [-0.4, -0.2) is 10.2 Å². The molecular weight excluding hydrogens is 457 g/mol. The molecule has 3 aromatic rings. The summed E-state index contributed by atoms with van der Waals surface area (Å²) in [6.45, 7) is 0. The Morgan fingerprint density at radius 1 is 0.964 bits per heavy atom. The molecule has 0 spiro atoms. The number of halogens is 3. The average molecular weight is 467 g/mol. The van der Waals surface area contributed by atoms with E-state index < -0.39 is 0 Å². The maximum absolute atomic E-state index is 12.8. The number of carbonyl (C=O) groups excluding carboxylic acids is 1. The van der Waals surface area contributed by atoms with Crippen molar-refractivity contribution in [2.45, 2.75) is 0 Å². The monoisotopic (exact) mass is 465 g/mol. The predicted octanol–water partition coefficient (Wildman–Crippen LogP) is 7.31. The Hall–Kier alpha value is -1.76. The van der Waals surface area contributed by atoms with Gasteiger partial charge in [-0.1, -0.05) is 58.8 Å². The number of nitrogens with zero attached hydrogens (tertiary/aromatic N) is 1. The third kappa shape index (κ3) is 3.86. The lowest BCUT2D eigenvalue weighted by molar-refractivity contribution is -0.113. The molecule has 1 saturated heterocycles. The fraction of sp³-hybridized carbons (Fsp3) is 0. The number of hydrogen-bond acceptors (Lipinski definition) is 4. The van der Waals surface area contributed by atoms with Gasteiger partial charge in [-0.25, -0.2) is 0 Å². The van der Waals surface area contributed by atoms with Crippen LogP contribution >= 0.6 is 58.8 Å². The fourth-order valence-electron chi connectivity index (χ4n) is 2.67. The molecule has 1 amide bonds. The second-order valence-electron chi connectivity index (χ2n) is 5.82. The first-order valence-corrected chi connectivity index (χ1v) is 10.4. The number of hydrogen-bond donors (Lipinski definition) is 0. The lowest BCUT2D eigenvalue weighted by Crippen LogP contribution is -2.27. The number of thioether (sulfide) groups is 1. The second-order valence-corrected chi connectivity index (χ2v) is 8.78. The normalized spacial score (nSPS) is 15.7. The van der Waals surface area contributed by atoms with E-state index in [-0.39, 0.29) is 5.91 Å². The highest BCUT2D eigenvalue weighted by Crippen LogP contribution is 2.37. The van der Waals surface area contributed by atoms with Crippen molar-refractivity contribution < 1.29 is 9.21 Å². The van der Waals surface area contributed by atoms with Crippen molar-refractivity contribution in [3.05, 3.63) is 80.3 Å². The molecule has 1 aromatic heterocycles. The smallest absolute Gasteiger partial charge is 0.270 e. The van der Waals surface area contributed by atoms with Crippen LogP contribution in [0.4, 0.5) is 5.69 Å². The van der Waals surface area contributed by atoms with E-state index in [2.05, 4.69) is 0 Å². The molecule has 0 N–H and O–H groups in total. The summed E-state index contributed by atoms with van der Waals surface area (Å²) in [5.41, 5.74) is 1.39. The zero-order chi connectivity index (χ0) is 19.8. The lowest BCUT2D eigenvalue weighted by Gasteiger charge is -2.14. The summed E-state index contributed by atoms with van der Waals surface area (Å²) in [5.74, 6) is 0.901. The molecule has 0 unspecified atom stereocenters. The van der Waals surface area contributed by atoms with E-state index >= 15 is 0 Å². The Morgan fingerprint density at radius 2 is 1.68 bits per heavy atom. The van der Waals surface area contributed by atoms with E-state index in [1.165, 1.54) is 16.7 Å². The number of rotatable bonds is 3. The van der Waals surface area contributed by atoms with E-state index in [4.69, 9.17) is 51.4 Å². The Morgan fingerprint density at radius 3 is 2.39 bits per heavy atom. The van der Waals surface area contributed by atoms with Crippen molar-refractivity contribution in [2.75, 3.05) is 4.90 Å². The van der Waals surface area contributed by atoms with E-state index in [0.717, 1.165) is 5.56 Å². The zero-order valence-corrected chi connectivity index (χ0v) is 17.9. The van der Waals surface area contributed by atoms with Gasteiger partial charge in [-0.05, 0) is 54.6 Å². The van der Waals surface area contributed by atoms with Crippen LogP contribution < -0.4 is 4.90 Å². The maximum atomic E-state index is 12.8. The van der Waals surface area contributed by atoms with Crippen LogP contribution in [0.15, 0.2) is 63.9 Å². The topological polar surface area (TPSA) is 33.5 Å². The summed E-state index contributed by atoms with van der Waals surface area (Å²) in [6, 6.07) is 15.7. The van der Waals surface area contributed by atoms with Crippen molar-refractivity contribution >= 4 is 80.8 Å². The minimum Gasteiger partial charge on any atom is -0.457 e. The Bertz CT molecular complexity index is 1120. The highest BCUT2D eigenvalue weighted by Gasteiger charge is 2.33. The molecule has 28 heavy (non-hydrogen) atoms. The third-order valence-corrected chi connectivity index (χ3v) is 6.08. The molecule has 3 nitrogen and oxygen atoms in total. The van der Waals surface area contributed by atoms with Crippen LogP contribution in [0.2, 0.25) is 15.1 Å². The fourth-order valence-corrected chi connectivity index (χ4v) is 4.58.